The van der Waals surface area contributed by atoms with Gasteiger partial charge in [-0.15, -0.1) is 0 Å². The highest BCUT2D eigenvalue weighted by Crippen LogP contribution is 2.41. The zero-order valence-corrected chi connectivity index (χ0v) is 7.64. The second-order valence-corrected chi connectivity index (χ2v) is 3.64. The van der Waals surface area contributed by atoms with Gasteiger partial charge in [-0.25, -0.2) is 0 Å². The molecule has 0 saturated heterocycles. The first kappa shape index (κ1) is 9.21. The first-order valence-electron chi connectivity index (χ1n) is 4.60. The maximum atomic E-state index is 10.5. The van der Waals surface area contributed by atoms with Crippen LogP contribution in [0.2, 0.25) is 0 Å². The van der Waals surface area contributed by atoms with E-state index >= 15 is 0 Å². The Bertz CT molecular complexity index is 344. The van der Waals surface area contributed by atoms with Crippen LogP contribution in [0.5, 0.6) is 0 Å². The largest absolute Gasteiger partial charge is 0.480 e. The fourth-order valence-corrected chi connectivity index (χ4v) is 1.43. The molecule has 1 saturated carbocycles. The zero-order chi connectivity index (χ0) is 10.1. The minimum atomic E-state index is -0.993. The van der Waals surface area contributed by atoms with E-state index in [9.17, 15) is 4.79 Å². The van der Waals surface area contributed by atoms with Crippen molar-refractivity contribution in [2.24, 2.45) is 5.73 Å². The van der Waals surface area contributed by atoms with Gasteiger partial charge < -0.3 is 15.4 Å². The van der Waals surface area contributed by atoms with Gasteiger partial charge in [0, 0.05) is 17.9 Å². The summed E-state index contributed by atoms with van der Waals surface area (Å²) in [6.45, 7) is 0. The third-order valence-electron chi connectivity index (χ3n) is 2.38. The van der Waals surface area contributed by atoms with Gasteiger partial charge in [0.15, 0.2) is 0 Å². The summed E-state index contributed by atoms with van der Waals surface area (Å²) < 4.78 is 5.07. The smallest absolute Gasteiger partial charge is 0.320 e. The van der Waals surface area contributed by atoms with Crippen LogP contribution in [0.4, 0.5) is 0 Å². The summed E-state index contributed by atoms with van der Waals surface area (Å²) in [7, 11) is 0. The molecule has 5 nitrogen and oxygen atoms in total. The van der Waals surface area contributed by atoms with Crippen LogP contribution in [0.25, 0.3) is 0 Å². The molecular weight excluding hydrogens is 184 g/mol. The van der Waals surface area contributed by atoms with Gasteiger partial charge in [0.05, 0.1) is 6.20 Å². The van der Waals surface area contributed by atoms with Crippen molar-refractivity contribution in [3.8, 4) is 0 Å². The molecule has 2 rings (SSSR count). The fourth-order valence-electron chi connectivity index (χ4n) is 1.43. The molecule has 0 spiro atoms. The summed E-state index contributed by atoms with van der Waals surface area (Å²) >= 11 is 0. The second-order valence-electron chi connectivity index (χ2n) is 3.64. The van der Waals surface area contributed by atoms with E-state index < -0.39 is 12.0 Å². The number of nitrogens with two attached hydrogens (primary N) is 1. The maximum Gasteiger partial charge on any atom is 0.320 e. The molecule has 5 heteroatoms. The number of carboxylic acids is 1. The monoisotopic (exact) mass is 196 g/mol. The van der Waals surface area contributed by atoms with Gasteiger partial charge in [0.25, 0.3) is 0 Å². The van der Waals surface area contributed by atoms with Gasteiger partial charge in [-0.3, -0.25) is 4.79 Å². The van der Waals surface area contributed by atoms with Crippen LogP contribution in [0.1, 0.15) is 30.1 Å². The van der Waals surface area contributed by atoms with Gasteiger partial charge in [0.1, 0.15) is 11.8 Å². The highest BCUT2D eigenvalue weighted by Gasteiger charge is 2.31. The van der Waals surface area contributed by atoms with Crippen molar-refractivity contribution in [2.75, 3.05) is 0 Å². The molecule has 1 aliphatic carbocycles. The molecule has 1 aliphatic rings. The van der Waals surface area contributed by atoms with E-state index in [1.807, 2.05) is 0 Å². The van der Waals surface area contributed by atoms with Crippen molar-refractivity contribution in [2.45, 2.75) is 31.2 Å². The third-order valence-corrected chi connectivity index (χ3v) is 2.38. The van der Waals surface area contributed by atoms with E-state index in [1.54, 1.807) is 6.20 Å². The summed E-state index contributed by atoms with van der Waals surface area (Å²) in [6.07, 6.45) is 4.07. The van der Waals surface area contributed by atoms with Crippen LogP contribution in [0.3, 0.4) is 0 Å². The van der Waals surface area contributed by atoms with Gasteiger partial charge in [-0.05, 0) is 12.8 Å². The Labute approximate surface area is 80.9 Å². The van der Waals surface area contributed by atoms with Crippen molar-refractivity contribution in [3.63, 3.8) is 0 Å². The van der Waals surface area contributed by atoms with Crippen LogP contribution >= 0.6 is 0 Å². The van der Waals surface area contributed by atoms with Crippen LogP contribution in [0, 0.1) is 0 Å². The van der Waals surface area contributed by atoms with E-state index in [4.69, 9.17) is 15.4 Å². The van der Waals surface area contributed by atoms with Crippen LogP contribution in [-0.2, 0) is 11.2 Å². The summed E-state index contributed by atoms with van der Waals surface area (Å²) in [6, 6.07) is -0.869. The first-order valence-corrected chi connectivity index (χ1v) is 4.60. The van der Waals surface area contributed by atoms with Crippen LogP contribution < -0.4 is 5.73 Å². The average Bonchev–Trinajstić information content (AvgIpc) is 2.88. The van der Waals surface area contributed by atoms with Crippen molar-refractivity contribution < 1.29 is 14.4 Å². The van der Waals surface area contributed by atoms with E-state index in [-0.39, 0.29) is 0 Å². The number of carbonyl (C=O) groups is 1. The molecule has 0 radical (unpaired) electrons. The molecule has 1 unspecified atom stereocenters. The minimum absolute atomic E-state index is 0.296. The first-order chi connectivity index (χ1) is 6.68. The Morgan fingerprint density at radius 1 is 1.79 bits per heavy atom. The Balaban J connectivity index is 2.08. The fraction of sp³-hybridized carbons (Fsp3) is 0.556. The van der Waals surface area contributed by atoms with E-state index in [0.717, 1.165) is 24.2 Å². The molecule has 1 atom stereocenters. The number of nitrogens with zero attached hydrogens (tertiary/aromatic N) is 1. The highest BCUT2D eigenvalue weighted by molar-refractivity contribution is 5.73. The molecule has 0 aliphatic heterocycles. The van der Waals surface area contributed by atoms with Crippen LogP contribution in [-0.4, -0.2) is 22.3 Å². The number of hydrogen-bond donors (Lipinski definition) is 2. The molecule has 76 valence electrons. The number of aromatic nitrogens is 1. The quantitative estimate of drug-likeness (QED) is 0.732. The zero-order valence-electron chi connectivity index (χ0n) is 7.64. The lowest BCUT2D eigenvalue weighted by molar-refractivity contribution is -0.138. The Morgan fingerprint density at radius 3 is 3.07 bits per heavy atom. The average molecular weight is 196 g/mol. The molecule has 1 aromatic rings. The molecule has 1 aromatic heterocycles. The van der Waals surface area contributed by atoms with Crippen molar-refractivity contribution in [1.29, 1.82) is 0 Å². The predicted molar refractivity (Wildman–Crippen MR) is 47.8 cm³/mol. The standard InChI is InChI=1S/C9H12N2O3/c10-7(9(12)13)3-6-4-11-14-8(6)5-1-2-5/h4-5,7H,1-3,10H2,(H,12,13). The number of aliphatic carboxylic acids is 1. The van der Waals surface area contributed by atoms with E-state index in [0.29, 0.717) is 12.3 Å². The van der Waals surface area contributed by atoms with E-state index in [1.165, 1.54) is 0 Å². The molecule has 1 heterocycles. The lowest BCUT2D eigenvalue weighted by Crippen LogP contribution is -2.32. The molecule has 0 amide bonds. The minimum Gasteiger partial charge on any atom is -0.480 e. The number of hydrogen-bond acceptors (Lipinski definition) is 4. The topological polar surface area (TPSA) is 89.4 Å². The Kier molecular flexibility index (Phi) is 2.25. The molecule has 0 aromatic carbocycles. The van der Waals surface area contributed by atoms with Crippen LogP contribution in [0.15, 0.2) is 10.7 Å². The summed E-state index contributed by atoms with van der Waals surface area (Å²) in [4.78, 5) is 10.5. The molecule has 3 N–H and O–H groups in total. The van der Waals surface area contributed by atoms with Crippen molar-refractivity contribution >= 4 is 5.97 Å². The summed E-state index contributed by atoms with van der Waals surface area (Å²) in [5.41, 5.74) is 6.26. The molecule has 14 heavy (non-hydrogen) atoms. The number of rotatable bonds is 4. The maximum absolute atomic E-state index is 10.5. The SMILES string of the molecule is NC(Cc1cnoc1C1CC1)C(=O)O. The Hall–Kier alpha value is -1.36. The molecular formula is C9H12N2O3. The normalized spacial score (nSPS) is 18.1. The Morgan fingerprint density at radius 2 is 2.50 bits per heavy atom. The second kappa shape index (κ2) is 3.42. The summed E-state index contributed by atoms with van der Waals surface area (Å²) in [5.74, 6) is 0.267. The van der Waals surface area contributed by atoms with Gasteiger partial charge in [0.2, 0.25) is 0 Å². The van der Waals surface area contributed by atoms with Gasteiger partial charge in [-0.1, -0.05) is 5.16 Å². The summed E-state index contributed by atoms with van der Waals surface area (Å²) in [5, 5.41) is 12.3. The van der Waals surface area contributed by atoms with E-state index in [2.05, 4.69) is 5.16 Å². The third kappa shape index (κ3) is 1.77. The molecule has 1 fully saturated rings. The lowest BCUT2D eigenvalue weighted by Gasteiger charge is -2.04. The molecule has 0 bridgehead atoms. The highest BCUT2D eigenvalue weighted by atomic mass is 16.5. The number of carboxylic acid groups (broad SMARTS) is 1. The lowest BCUT2D eigenvalue weighted by atomic mass is 10.1. The predicted octanol–water partition coefficient (Wildman–Crippen LogP) is 0.506. The van der Waals surface area contributed by atoms with Gasteiger partial charge in [-0.2, -0.15) is 0 Å². The van der Waals surface area contributed by atoms with Crippen molar-refractivity contribution in [3.05, 3.63) is 17.5 Å². The van der Waals surface area contributed by atoms with Gasteiger partial charge >= 0.3 is 5.97 Å². The van der Waals surface area contributed by atoms with Crippen molar-refractivity contribution in [1.82, 2.24) is 5.16 Å².